The average Bonchev–Trinajstić information content (AvgIpc) is 2.52. The Morgan fingerprint density at radius 3 is 2.75 bits per heavy atom. The summed E-state index contributed by atoms with van der Waals surface area (Å²) in [6.07, 6.45) is 4.68. The van der Waals surface area contributed by atoms with Crippen molar-refractivity contribution in [1.29, 1.82) is 0 Å². The Hall–Kier alpha value is -1.87. The number of nitrogens with zero attached hydrogens (tertiary/aromatic N) is 1. The second-order valence-corrected chi connectivity index (χ2v) is 4.88. The number of aromatic nitrogens is 1. The van der Waals surface area contributed by atoms with Gasteiger partial charge in [-0.2, -0.15) is 0 Å². The molecule has 1 aromatic heterocycles. The van der Waals surface area contributed by atoms with Gasteiger partial charge in [-0.05, 0) is 48.7 Å². The molecule has 0 spiro atoms. The zero-order valence-corrected chi connectivity index (χ0v) is 12.2. The van der Waals surface area contributed by atoms with Crippen LogP contribution in [0.4, 0.5) is 0 Å². The van der Waals surface area contributed by atoms with Crippen LogP contribution in [-0.2, 0) is 6.54 Å². The third-order valence-electron chi connectivity index (χ3n) is 3.19. The van der Waals surface area contributed by atoms with Gasteiger partial charge in [0.05, 0.1) is 6.61 Å². The van der Waals surface area contributed by atoms with E-state index in [9.17, 15) is 0 Å². The van der Waals surface area contributed by atoms with Crippen LogP contribution in [0.25, 0.3) is 0 Å². The minimum Gasteiger partial charge on any atom is -0.494 e. The fraction of sp³-hybridized carbons (Fsp3) is 0.353. The van der Waals surface area contributed by atoms with E-state index in [4.69, 9.17) is 4.74 Å². The summed E-state index contributed by atoms with van der Waals surface area (Å²) >= 11 is 0. The van der Waals surface area contributed by atoms with E-state index in [0.29, 0.717) is 6.04 Å². The van der Waals surface area contributed by atoms with Crippen molar-refractivity contribution in [2.75, 3.05) is 6.61 Å². The molecule has 0 aliphatic rings. The topological polar surface area (TPSA) is 34.1 Å². The summed E-state index contributed by atoms with van der Waals surface area (Å²) in [6.45, 7) is 5.87. The number of benzene rings is 1. The Kier molecular flexibility index (Phi) is 5.56. The molecular formula is C17H22N2O. The number of hydrogen-bond acceptors (Lipinski definition) is 3. The van der Waals surface area contributed by atoms with Crippen molar-refractivity contribution in [3.63, 3.8) is 0 Å². The van der Waals surface area contributed by atoms with Gasteiger partial charge in [0.25, 0.3) is 0 Å². The summed E-state index contributed by atoms with van der Waals surface area (Å²) < 4.78 is 5.65. The molecular weight excluding hydrogens is 248 g/mol. The van der Waals surface area contributed by atoms with Crippen molar-refractivity contribution in [1.82, 2.24) is 10.3 Å². The van der Waals surface area contributed by atoms with Crippen LogP contribution in [0.15, 0.2) is 48.8 Å². The van der Waals surface area contributed by atoms with E-state index in [1.807, 2.05) is 36.7 Å². The van der Waals surface area contributed by atoms with Gasteiger partial charge in [-0.25, -0.2) is 0 Å². The van der Waals surface area contributed by atoms with Crippen molar-refractivity contribution in [2.45, 2.75) is 32.9 Å². The van der Waals surface area contributed by atoms with Crippen LogP contribution in [-0.4, -0.2) is 11.6 Å². The van der Waals surface area contributed by atoms with Crippen molar-refractivity contribution in [2.24, 2.45) is 0 Å². The monoisotopic (exact) mass is 270 g/mol. The summed E-state index contributed by atoms with van der Waals surface area (Å²) in [5.41, 5.74) is 2.48. The molecule has 0 saturated carbocycles. The maximum Gasteiger partial charge on any atom is 0.119 e. The molecule has 106 valence electrons. The fourth-order valence-corrected chi connectivity index (χ4v) is 2.01. The van der Waals surface area contributed by atoms with Crippen LogP contribution in [0.2, 0.25) is 0 Å². The largest absolute Gasteiger partial charge is 0.494 e. The maximum atomic E-state index is 5.65. The summed E-state index contributed by atoms with van der Waals surface area (Å²) in [5, 5.41) is 3.52. The first kappa shape index (κ1) is 14.5. The molecule has 1 aromatic carbocycles. The molecule has 0 unspecified atom stereocenters. The second kappa shape index (κ2) is 7.65. The van der Waals surface area contributed by atoms with Gasteiger partial charge in [-0.3, -0.25) is 4.98 Å². The first-order chi connectivity index (χ1) is 9.79. The minimum atomic E-state index is 0.304. The van der Waals surface area contributed by atoms with Crippen LogP contribution in [0.1, 0.15) is 37.4 Å². The molecule has 1 N–H and O–H groups in total. The van der Waals surface area contributed by atoms with Gasteiger partial charge in [0.15, 0.2) is 0 Å². The molecule has 1 heterocycles. The zero-order chi connectivity index (χ0) is 14.2. The molecule has 3 heteroatoms. The smallest absolute Gasteiger partial charge is 0.119 e. The second-order valence-electron chi connectivity index (χ2n) is 4.88. The van der Waals surface area contributed by atoms with Gasteiger partial charge in [-0.1, -0.05) is 19.1 Å². The first-order valence-electron chi connectivity index (χ1n) is 7.14. The number of pyridine rings is 1. The predicted octanol–water partition coefficient (Wildman–Crippen LogP) is 3.72. The van der Waals surface area contributed by atoms with E-state index in [-0.39, 0.29) is 0 Å². The van der Waals surface area contributed by atoms with Crippen LogP contribution in [0.5, 0.6) is 5.75 Å². The van der Waals surface area contributed by atoms with E-state index < -0.39 is 0 Å². The third kappa shape index (κ3) is 4.35. The highest BCUT2D eigenvalue weighted by Gasteiger charge is 2.04. The Balaban J connectivity index is 1.90. The molecule has 0 amide bonds. The van der Waals surface area contributed by atoms with E-state index in [2.05, 4.69) is 36.3 Å². The first-order valence-corrected chi connectivity index (χ1v) is 7.14. The van der Waals surface area contributed by atoms with Gasteiger partial charge in [0.2, 0.25) is 0 Å². The molecule has 1 atom stereocenters. The van der Waals surface area contributed by atoms with E-state index >= 15 is 0 Å². The lowest BCUT2D eigenvalue weighted by Gasteiger charge is -2.14. The van der Waals surface area contributed by atoms with Gasteiger partial charge < -0.3 is 10.1 Å². The number of ether oxygens (including phenoxy) is 1. The van der Waals surface area contributed by atoms with Crippen molar-refractivity contribution >= 4 is 0 Å². The molecule has 0 saturated heterocycles. The highest BCUT2D eigenvalue weighted by Crippen LogP contribution is 2.15. The van der Waals surface area contributed by atoms with Crippen molar-refractivity contribution in [3.8, 4) is 5.75 Å². The van der Waals surface area contributed by atoms with E-state index in [1.165, 1.54) is 11.1 Å². The Morgan fingerprint density at radius 1 is 1.20 bits per heavy atom. The van der Waals surface area contributed by atoms with Crippen LogP contribution < -0.4 is 10.1 Å². The van der Waals surface area contributed by atoms with Crippen molar-refractivity contribution < 1.29 is 4.74 Å². The molecule has 2 rings (SSSR count). The van der Waals surface area contributed by atoms with Gasteiger partial charge in [-0.15, -0.1) is 0 Å². The molecule has 3 nitrogen and oxygen atoms in total. The highest BCUT2D eigenvalue weighted by molar-refractivity contribution is 5.28. The standard InChI is InChI=1S/C17H22N2O/c1-3-11-20-17-6-4-5-15(12-17)13-19-14(2)16-7-9-18-10-8-16/h4-10,12,14,19H,3,11,13H2,1-2H3/t14-/m0/s1. The minimum absolute atomic E-state index is 0.304. The molecule has 0 fully saturated rings. The number of hydrogen-bond donors (Lipinski definition) is 1. The van der Waals surface area contributed by atoms with E-state index in [1.54, 1.807) is 0 Å². The van der Waals surface area contributed by atoms with Crippen LogP contribution in [0, 0.1) is 0 Å². The predicted molar refractivity (Wildman–Crippen MR) is 81.7 cm³/mol. The molecule has 20 heavy (non-hydrogen) atoms. The lowest BCUT2D eigenvalue weighted by atomic mass is 10.1. The molecule has 0 aliphatic carbocycles. The van der Waals surface area contributed by atoms with Crippen molar-refractivity contribution in [3.05, 3.63) is 59.9 Å². The Bertz CT molecular complexity index is 513. The van der Waals surface area contributed by atoms with Crippen LogP contribution >= 0.6 is 0 Å². The average molecular weight is 270 g/mol. The fourth-order valence-electron chi connectivity index (χ4n) is 2.01. The van der Waals surface area contributed by atoms with Crippen LogP contribution in [0.3, 0.4) is 0 Å². The highest BCUT2D eigenvalue weighted by atomic mass is 16.5. The summed E-state index contributed by atoms with van der Waals surface area (Å²) in [5.74, 6) is 0.947. The summed E-state index contributed by atoms with van der Waals surface area (Å²) in [4.78, 5) is 4.04. The third-order valence-corrected chi connectivity index (χ3v) is 3.19. The SMILES string of the molecule is CCCOc1cccc(CN[C@@H](C)c2ccncc2)c1. The van der Waals surface area contributed by atoms with Gasteiger partial charge in [0, 0.05) is 25.0 Å². The normalized spacial score (nSPS) is 12.1. The molecule has 0 radical (unpaired) electrons. The number of rotatable bonds is 7. The number of nitrogens with one attached hydrogen (secondary N) is 1. The Labute approximate surface area is 121 Å². The quantitative estimate of drug-likeness (QED) is 0.832. The summed E-state index contributed by atoms with van der Waals surface area (Å²) in [6, 6.07) is 12.6. The molecule has 0 bridgehead atoms. The lowest BCUT2D eigenvalue weighted by molar-refractivity contribution is 0.317. The molecule has 0 aliphatic heterocycles. The summed E-state index contributed by atoms with van der Waals surface area (Å²) in [7, 11) is 0. The van der Waals surface area contributed by atoms with E-state index in [0.717, 1.165) is 25.3 Å². The maximum absolute atomic E-state index is 5.65. The van der Waals surface area contributed by atoms with Gasteiger partial charge in [0.1, 0.15) is 5.75 Å². The Morgan fingerprint density at radius 2 is 2.00 bits per heavy atom. The van der Waals surface area contributed by atoms with Gasteiger partial charge >= 0.3 is 0 Å². The lowest BCUT2D eigenvalue weighted by Crippen LogP contribution is -2.18. The molecule has 2 aromatic rings. The zero-order valence-electron chi connectivity index (χ0n) is 12.2.